The van der Waals surface area contributed by atoms with Gasteiger partial charge in [0.05, 0.1) is 12.7 Å². The number of carbonyl (C=O) groups excluding carboxylic acids is 3. The first-order chi connectivity index (χ1) is 18.8. The number of hydrogen-bond donors (Lipinski definition) is 7. The molecule has 1 aromatic heterocycles. The number of imidazole rings is 1. The second kappa shape index (κ2) is 14.9. The Morgan fingerprint density at radius 1 is 0.949 bits per heavy atom. The highest BCUT2D eigenvalue weighted by Gasteiger charge is 2.29. The Hall–Kier alpha value is -3.90. The van der Waals surface area contributed by atoms with E-state index in [1.54, 1.807) is 6.20 Å². The van der Waals surface area contributed by atoms with Gasteiger partial charge in [-0.2, -0.15) is 12.6 Å². The summed E-state index contributed by atoms with van der Waals surface area (Å²) in [4.78, 5) is 57.7. The molecule has 39 heavy (non-hydrogen) atoms. The number of nitrogens with two attached hydrogens (primary N) is 1. The number of carboxylic acids is 1. The summed E-state index contributed by atoms with van der Waals surface area (Å²) in [5.74, 6) is -2.94. The molecule has 3 rings (SSSR count). The van der Waals surface area contributed by atoms with Gasteiger partial charge >= 0.3 is 5.97 Å². The van der Waals surface area contributed by atoms with E-state index in [4.69, 9.17) is 5.73 Å². The molecule has 0 spiro atoms. The van der Waals surface area contributed by atoms with Crippen LogP contribution in [0.25, 0.3) is 10.8 Å². The third-order valence-corrected chi connectivity index (χ3v) is 6.60. The lowest BCUT2D eigenvalue weighted by Gasteiger charge is -2.24. The van der Waals surface area contributed by atoms with Gasteiger partial charge in [-0.05, 0) is 42.1 Å². The largest absolute Gasteiger partial charge is 0.480 e. The fourth-order valence-corrected chi connectivity index (χ4v) is 4.43. The van der Waals surface area contributed by atoms with Gasteiger partial charge in [-0.25, -0.2) is 9.78 Å². The van der Waals surface area contributed by atoms with Crippen molar-refractivity contribution in [2.75, 3.05) is 12.3 Å². The van der Waals surface area contributed by atoms with Crippen molar-refractivity contribution in [2.24, 2.45) is 5.73 Å². The van der Waals surface area contributed by atoms with Crippen LogP contribution in [-0.4, -0.2) is 69.2 Å². The van der Waals surface area contributed by atoms with Crippen LogP contribution in [0.1, 0.15) is 30.5 Å². The first-order valence-electron chi connectivity index (χ1n) is 12.7. The van der Waals surface area contributed by atoms with Gasteiger partial charge in [0.2, 0.25) is 17.7 Å². The minimum atomic E-state index is -1.23. The Morgan fingerprint density at radius 3 is 2.36 bits per heavy atom. The molecule has 3 atom stereocenters. The van der Waals surface area contributed by atoms with Crippen molar-refractivity contribution in [1.29, 1.82) is 0 Å². The molecule has 3 amide bonds. The van der Waals surface area contributed by atoms with Crippen molar-refractivity contribution >= 4 is 47.1 Å². The van der Waals surface area contributed by atoms with E-state index in [1.165, 1.54) is 6.33 Å². The maximum absolute atomic E-state index is 13.4. The van der Waals surface area contributed by atoms with Crippen LogP contribution in [0.5, 0.6) is 0 Å². The molecular weight excluding hydrogens is 520 g/mol. The third-order valence-electron chi connectivity index (χ3n) is 6.24. The van der Waals surface area contributed by atoms with Gasteiger partial charge in [0.25, 0.3) is 0 Å². The van der Waals surface area contributed by atoms with Gasteiger partial charge < -0.3 is 31.8 Å². The Labute approximate surface area is 231 Å². The minimum Gasteiger partial charge on any atom is -0.480 e. The maximum Gasteiger partial charge on any atom is 0.327 e. The number of benzene rings is 2. The number of nitrogens with one attached hydrogen (secondary N) is 4. The number of H-pyrrole nitrogens is 1. The van der Waals surface area contributed by atoms with E-state index in [0.717, 1.165) is 16.3 Å². The summed E-state index contributed by atoms with van der Waals surface area (Å²) >= 11 is 3.98. The number of unbranched alkanes of at least 4 members (excludes halogenated alkanes) is 1. The van der Waals surface area contributed by atoms with E-state index >= 15 is 0 Å². The normalized spacial score (nSPS) is 13.3. The predicted octanol–water partition coefficient (Wildman–Crippen LogP) is 0.946. The molecule has 208 valence electrons. The van der Waals surface area contributed by atoms with Crippen molar-refractivity contribution < 1.29 is 24.3 Å². The van der Waals surface area contributed by atoms with Crippen LogP contribution >= 0.6 is 12.6 Å². The number of carbonyl (C=O) groups is 4. The molecule has 1 heterocycles. The van der Waals surface area contributed by atoms with Crippen LogP contribution in [0.15, 0.2) is 55.0 Å². The molecule has 0 radical (unpaired) electrons. The number of aliphatic carboxylic acids is 1. The number of hydrogen-bond acceptors (Lipinski definition) is 7. The monoisotopic (exact) mass is 554 g/mol. The summed E-state index contributed by atoms with van der Waals surface area (Å²) in [5.41, 5.74) is 7.01. The predicted molar refractivity (Wildman–Crippen MR) is 150 cm³/mol. The molecule has 0 aliphatic rings. The standard InChI is InChI=1S/C27H34N6O5S/c28-11-4-3-10-21(25(35)33-23(15-39)27(37)38)32-26(36)22(13-19-14-29-16-30-19)31-24(34)12-18-8-5-7-17-6-1-2-9-20(17)18/h1-2,5-9,14,16,21-23,39H,3-4,10-13,15,28H2,(H,29,30)(H,31,34)(H,32,36)(H,33,35)(H,37,38)/t21-,22?,23?/m0/s1. The number of aromatic amines is 1. The van der Waals surface area contributed by atoms with Crippen molar-refractivity contribution in [3.63, 3.8) is 0 Å². The van der Waals surface area contributed by atoms with Crippen LogP contribution in [-0.2, 0) is 32.0 Å². The second-order valence-electron chi connectivity index (χ2n) is 9.14. The molecule has 0 aliphatic heterocycles. The SMILES string of the molecule is NCCCC[C@H](NC(=O)C(Cc1cnc[nH]1)NC(=O)Cc1cccc2ccccc12)C(=O)NC(CS)C(=O)O. The minimum absolute atomic E-state index is 0.0523. The fourth-order valence-electron chi connectivity index (χ4n) is 4.18. The van der Waals surface area contributed by atoms with Crippen molar-refractivity contribution in [1.82, 2.24) is 25.9 Å². The third kappa shape index (κ3) is 8.82. The Morgan fingerprint density at radius 2 is 1.67 bits per heavy atom. The molecule has 2 unspecified atom stereocenters. The summed E-state index contributed by atoms with van der Waals surface area (Å²) in [6.07, 6.45) is 4.57. The Balaban J connectivity index is 1.76. The van der Waals surface area contributed by atoms with Crippen molar-refractivity contribution in [2.45, 2.75) is 50.2 Å². The summed E-state index contributed by atoms with van der Waals surface area (Å²) in [6, 6.07) is 10.2. The number of carboxylic acid groups (broad SMARTS) is 1. The number of thiol groups is 1. The quantitative estimate of drug-likeness (QED) is 0.108. The zero-order valence-corrected chi connectivity index (χ0v) is 22.3. The van der Waals surface area contributed by atoms with Crippen molar-refractivity contribution in [3.05, 3.63) is 66.2 Å². The van der Waals surface area contributed by atoms with Gasteiger partial charge in [0.1, 0.15) is 18.1 Å². The van der Waals surface area contributed by atoms with Crippen LogP contribution in [0.4, 0.5) is 0 Å². The number of amides is 3. The summed E-state index contributed by atoms with van der Waals surface area (Å²) in [6.45, 7) is 0.406. The van der Waals surface area contributed by atoms with Gasteiger partial charge in [-0.3, -0.25) is 14.4 Å². The molecule has 0 aliphatic carbocycles. The first-order valence-corrected chi connectivity index (χ1v) is 13.3. The molecule has 11 nitrogen and oxygen atoms in total. The lowest BCUT2D eigenvalue weighted by atomic mass is 10.0. The van der Waals surface area contributed by atoms with Gasteiger partial charge in [-0.15, -0.1) is 0 Å². The number of rotatable bonds is 15. The fraction of sp³-hybridized carbons (Fsp3) is 0.370. The number of nitrogens with zero attached hydrogens (tertiary/aromatic N) is 1. The van der Waals surface area contributed by atoms with E-state index in [2.05, 4.69) is 38.5 Å². The lowest BCUT2D eigenvalue weighted by molar-refractivity contribution is -0.141. The molecule has 12 heteroatoms. The van der Waals surface area contributed by atoms with Gasteiger partial charge in [-0.1, -0.05) is 42.5 Å². The molecule has 7 N–H and O–H groups in total. The molecule has 0 saturated heterocycles. The average molecular weight is 555 g/mol. The van der Waals surface area contributed by atoms with E-state index in [-0.39, 0.29) is 30.9 Å². The molecular formula is C27H34N6O5S. The summed E-state index contributed by atoms with van der Waals surface area (Å²) in [7, 11) is 0. The molecule has 0 fully saturated rings. The highest BCUT2D eigenvalue weighted by Crippen LogP contribution is 2.19. The van der Waals surface area contributed by atoms with Crippen LogP contribution < -0.4 is 21.7 Å². The molecule has 3 aromatic rings. The Bertz CT molecular complexity index is 1260. The van der Waals surface area contributed by atoms with E-state index in [9.17, 15) is 24.3 Å². The zero-order valence-electron chi connectivity index (χ0n) is 21.4. The van der Waals surface area contributed by atoms with E-state index in [0.29, 0.717) is 25.1 Å². The highest BCUT2D eigenvalue weighted by atomic mass is 32.1. The maximum atomic E-state index is 13.4. The summed E-state index contributed by atoms with van der Waals surface area (Å²) < 4.78 is 0. The number of aromatic nitrogens is 2. The second-order valence-corrected chi connectivity index (χ2v) is 9.51. The molecule has 2 aromatic carbocycles. The van der Waals surface area contributed by atoms with Crippen LogP contribution in [0.3, 0.4) is 0 Å². The topological polar surface area (TPSA) is 179 Å². The van der Waals surface area contributed by atoms with Crippen molar-refractivity contribution in [3.8, 4) is 0 Å². The van der Waals surface area contributed by atoms with Gasteiger partial charge in [0, 0.05) is 24.1 Å². The van der Waals surface area contributed by atoms with E-state index < -0.39 is 35.9 Å². The molecule has 0 bridgehead atoms. The van der Waals surface area contributed by atoms with E-state index in [1.807, 2.05) is 42.5 Å². The first kappa shape index (κ1) is 29.7. The highest BCUT2D eigenvalue weighted by molar-refractivity contribution is 7.80. The Kier molecular flexibility index (Phi) is 11.3. The van der Waals surface area contributed by atoms with Gasteiger partial charge in [0.15, 0.2) is 0 Å². The smallest absolute Gasteiger partial charge is 0.327 e. The zero-order chi connectivity index (χ0) is 28.2. The number of fused-ring (bicyclic) bond motifs is 1. The molecule has 0 saturated carbocycles. The van der Waals surface area contributed by atoms with Crippen LogP contribution in [0.2, 0.25) is 0 Å². The van der Waals surface area contributed by atoms with Crippen LogP contribution in [0, 0.1) is 0 Å². The average Bonchev–Trinajstić information content (AvgIpc) is 3.44. The summed E-state index contributed by atoms with van der Waals surface area (Å²) in [5, 5.41) is 19.1. The lowest BCUT2D eigenvalue weighted by Crippen LogP contribution is -2.56.